The zero-order chi connectivity index (χ0) is 17.0. The lowest BCUT2D eigenvalue weighted by atomic mass is 10.2. The van der Waals surface area contributed by atoms with Crippen LogP contribution in [-0.4, -0.2) is 62.8 Å². The number of piperazine rings is 1. The van der Waals surface area contributed by atoms with Crippen molar-refractivity contribution in [1.29, 1.82) is 0 Å². The third-order valence-electron chi connectivity index (χ3n) is 4.08. The fraction of sp³-hybridized carbons (Fsp3) is 0.562. The normalized spacial score (nSPS) is 17.2. The summed E-state index contributed by atoms with van der Waals surface area (Å²) in [4.78, 5) is 13.4. The highest BCUT2D eigenvalue weighted by Gasteiger charge is 2.29. The lowest BCUT2D eigenvalue weighted by Crippen LogP contribution is -2.50. The van der Waals surface area contributed by atoms with Crippen molar-refractivity contribution in [3.63, 3.8) is 0 Å². The Morgan fingerprint density at radius 2 is 1.83 bits per heavy atom. The molecule has 0 bridgehead atoms. The van der Waals surface area contributed by atoms with Gasteiger partial charge in [-0.1, -0.05) is 17.7 Å². The molecule has 0 unspecified atom stereocenters. The van der Waals surface area contributed by atoms with Gasteiger partial charge in [-0.25, -0.2) is 8.42 Å². The monoisotopic (exact) mass is 339 g/mol. The van der Waals surface area contributed by atoms with Crippen molar-refractivity contribution in [2.45, 2.75) is 25.7 Å². The standard InChI is InChI=1S/C16H25N3O3S/c1-13-4-5-16(14(2)12-13)23(21,22)19-10-8-18(9-11-19)7-6-17-15(3)20/h4-5,12H,6-11H2,1-3H3,(H,17,20). The number of hydrogen-bond donors (Lipinski definition) is 1. The Kier molecular flexibility index (Phi) is 5.78. The summed E-state index contributed by atoms with van der Waals surface area (Å²) in [5.74, 6) is -0.0407. The summed E-state index contributed by atoms with van der Waals surface area (Å²) in [5, 5.41) is 2.76. The van der Waals surface area contributed by atoms with Gasteiger partial charge in [-0.3, -0.25) is 9.69 Å². The highest BCUT2D eigenvalue weighted by Crippen LogP contribution is 2.22. The topological polar surface area (TPSA) is 69.7 Å². The van der Waals surface area contributed by atoms with Crippen LogP contribution in [0, 0.1) is 13.8 Å². The van der Waals surface area contributed by atoms with Gasteiger partial charge in [0.25, 0.3) is 0 Å². The number of aryl methyl sites for hydroxylation is 2. The molecule has 0 saturated carbocycles. The van der Waals surface area contributed by atoms with E-state index in [0.29, 0.717) is 37.6 Å². The molecule has 6 nitrogen and oxygen atoms in total. The molecule has 1 heterocycles. The van der Waals surface area contributed by atoms with Crippen LogP contribution < -0.4 is 5.32 Å². The minimum atomic E-state index is -3.43. The maximum atomic E-state index is 12.8. The summed E-state index contributed by atoms with van der Waals surface area (Å²) in [5.41, 5.74) is 1.85. The van der Waals surface area contributed by atoms with Gasteiger partial charge in [0.1, 0.15) is 0 Å². The Bertz CT molecular complexity index is 665. The molecule has 0 atom stereocenters. The largest absolute Gasteiger partial charge is 0.355 e. The molecule has 2 rings (SSSR count). The zero-order valence-electron chi connectivity index (χ0n) is 14.0. The maximum absolute atomic E-state index is 12.8. The van der Waals surface area contributed by atoms with E-state index in [4.69, 9.17) is 0 Å². The number of carbonyl (C=O) groups excluding carboxylic acids is 1. The van der Waals surface area contributed by atoms with Crippen molar-refractivity contribution in [3.05, 3.63) is 29.3 Å². The van der Waals surface area contributed by atoms with Crippen LogP contribution in [0.1, 0.15) is 18.1 Å². The molecular formula is C16H25N3O3S. The van der Waals surface area contributed by atoms with Crippen LogP contribution in [0.3, 0.4) is 0 Å². The summed E-state index contributed by atoms with van der Waals surface area (Å²) < 4.78 is 27.1. The number of amides is 1. The van der Waals surface area contributed by atoms with Crippen LogP contribution in [0.25, 0.3) is 0 Å². The minimum Gasteiger partial charge on any atom is -0.355 e. The van der Waals surface area contributed by atoms with E-state index in [9.17, 15) is 13.2 Å². The van der Waals surface area contributed by atoms with Crippen LogP contribution in [0.2, 0.25) is 0 Å². The van der Waals surface area contributed by atoms with Crippen molar-refractivity contribution in [2.75, 3.05) is 39.3 Å². The Hall–Kier alpha value is -1.44. The predicted molar refractivity (Wildman–Crippen MR) is 89.8 cm³/mol. The average Bonchev–Trinajstić information content (AvgIpc) is 2.47. The maximum Gasteiger partial charge on any atom is 0.243 e. The number of carbonyl (C=O) groups is 1. The first kappa shape index (κ1) is 17.9. The summed E-state index contributed by atoms with van der Waals surface area (Å²) in [7, 11) is -3.43. The van der Waals surface area contributed by atoms with Gasteiger partial charge in [-0.15, -0.1) is 0 Å². The van der Waals surface area contributed by atoms with Crippen molar-refractivity contribution < 1.29 is 13.2 Å². The van der Waals surface area contributed by atoms with Crippen LogP contribution in [0.5, 0.6) is 0 Å². The molecule has 128 valence electrons. The van der Waals surface area contributed by atoms with Crippen molar-refractivity contribution in [2.24, 2.45) is 0 Å². The Balaban J connectivity index is 1.97. The lowest BCUT2D eigenvalue weighted by molar-refractivity contribution is -0.119. The molecule has 0 radical (unpaired) electrons. The van der Waals surface area contributed by atoms with Gasteiger partial charge in [-0.05, 0) is 25.5 Å². The highest BCUT2D eigenvalue weighted by molar-refractivity contribution is 7.89. The van der Waals surface area contributed by atoms with Gasteiger partial charge in [0.2, 0.25) is 15.9 Å². The molecule has 0 aromatic heterocycles. The first-order valence-corrected chi connectivity index (χ1v) is 9.29. The summed E-state index contributed by atoms with van der Waals surface area (Å²) in [6.07, 6.45) is 0. The molecule has 7 heteroatoms. The van der Waals surface area contributed by atoms with E-state index < -0.39 is 10.0 Å². The SMILES string of the molecule is CC(=O)NCCN1CCN(S(=O)(=O)c2ccc(C)cc2C)CC1. The molecule has 1 saturated heterocycles. The quantitative estimate of drug-likeness (QED) is 0.859. The Morgan fingerprint density at radius 1 is 1.17 bits per heavy atom. The Labute approximate surface area is 138 Å². The summed E-state index contributed by atoms with van der Waals surface area (Å²) in [6.45, 7) is 8.96. The van der Waals surface area contributed by atoms with E-state index in [2.05, 4.69) is 10.2 Å². The molecule has 1 aliphatic rings. The second kappa shape index (κ2) is 7.42. The summed E-state index contributed by atoms with van der Waals surface area (Å²) >= 11 is 0. The second-order valence-electron chi connectivity index (χ2n) is 6.00. The van der Waals surface area contributed by atoms with Gasteiger partial charge in [0, 0.05) is 46.2 Å². The van der Waals surface area contributed by atoms with Gasteiger partial charge < -0.3 is 5.32 Å². The molecule has 1 aliphatic heterocycles. The van der Waals surface area contributed by atoms with Gasteiger partial charge in [-0.2, -0.15) is 4.31 Å². The predicted octanol–water partition coefficient (Wildman–Crippen LogP) is 0.746. The first-order valence-electron chi connectivity index (χ1n) is 7.85. The van der Waals surface area contributed by atoms with Crippen molar-refractivity contribution in [3.8, 4) is 0 Å². The molecule has 1 amide bonds. The number of hydrogen-bond acceptors (Lipinski definition) is 4. The van der Waals surface area contributed by atoms with Gasteiger partial charge >= 0.3 is 0 Å². The van der Waals surface area contributed by atoms with Gasteiger partial charge in [0.15, 0.2) is 0 Å². The smallest absolute Gasteiger partial charge is 0.243 e. The fourth-order valence-electron chi connectivity index (χ4n) is 2.81. The van der Waals surface area contributed by atoms with E-state index in [1.54, 1.807) is 10.4 Å². The number of nitrogens with zero attached hydrogens (tertiary/aromatic N) is 2. The minimum absolute atomic E-state index is 0.0407. The third kappa shape index (κ3) is 4.53. The van der Waals surface area contributed by atoms with Crippen LogP contribution in [-0.2, 0) is 14.8 Å². The zero-order valence-corrected chi connectivity index (χ0v) is 14.8. The van der Waals surface area contributed by atoms with E-state index >= 15 is 0 Å². The molecule has 1 aromatic carbocycles. The van der Waals surface area contributed by atoms with E-state index in [1.165, 1.54) is 6.92 Å². The van der Waals surface area contributed by atoms with Gasteiger partial charge in [0.05, 0.1) is 4.90 Å². The molecule has 0 aliphatic carbocycles. The highest BCUT2D eigenvalue weighted by atomic mass is 32.2. The Morgan fingerprint density at radius 3 is 2.39 bits per heavy atom. The molecular weight excluding hydrogens is 314 g/mol. The number of benzene rings is 1. The first-order chi connectivity index (χ1) is 10.8. The van der Waals surface area contributed by atoms with Crippen LogP contribution in [0.15, 0.2) is 23.1 Å². The summed E-state index contributed by atoms with van der Waals surface area (Å²) in [6, 6.07) is 5.43. The fourth-order valence-corrected chi connectivity index (χ4v) is 4.44. The van der Waals surface area contributed by atoms with Crippen molar-refractivity contribution >= 4 is 15.9 Å². The second-order valence-corrected chi connectivity index (χ2v) is 7.90. The molecule has 23 heavy (non-hydrogen) atoms. The van der Waals surface area contributed by atoms with E-state index in [-0.39, 0.29) is 5.91 Å². The lowest BCUT2D eigenvalue weighted by Gasteiger charge is -2.34. The molecule has 1 fully saturated rings. The van der Waals surface area contributed by atoms with Crippen LogP contribution in [0.4, 0.5) is 0 Å². The van der Waals surface area contributed by atoms with E-state index in [1.807, 2.05) is 26.0 Å². The third-order valence-corrected chi connectivity index (χ3v) is 6.14. The number of nitrogens with one attached hydrogen (secondary N) is 1. The number of sulfonamides is 1. The average molecular weight is 339 g/mol. The number of rotatable bonds is 5. The van der Waals surface area contributed by atoms with Crippen molar-refractivity contribution in [1.82, 2.24) is 14.5 Å². The van der Waals surface area contributed by atoms with Crippen LogP contribution >= 0.6 is 0 Å². The molecule has 1 aromatic rings. The molecule has 0 spiro atoms. The van der Waals surface area contributed by atoms with E-state index in [0.717, 1.165) is 17.7 Å². The molecule has 1 N–H and O–H groups in total.